The van der Waals surface area contributed by atoms with Crippen molar-refractivity contribution in [2.24, 2.45) is 0 Å². The third-order valence-corrected chi connectivity index (χ3v) is 4.67. The standard InChI is InChI=1S/C20H26N2O2/c1-15-5-6-16(2)20(12-15)24-14-18(23)13-22-11-3-4-19(22)17-7-9-21-10-8-17/h5-10,12,18-19,23H,3-4,11,13-14H2,1-2H3. The molecule has 0 aliphatic carbocycles. The summed E-state index contributed by atoms with van der Waals surface area (Å²) in [5, 5.41) is 10.4. The molecule has 1 aromatic carbocycles. The van der Waals surface area contributed by atoms with E-state index >= 15 is 0 Å². The number of nitrogens with zero attached hydrogens (tertiary/aromatic N) is 2. The number of hydrogen-bond donors (Lipinski definition) is 1. The van der Waals surface area contributed by atoms with Crippen LogP contribution in [0.5, 0.6) is 5.75 Å². The summed E-state index contributed by atoms with van der Waals surface area (Å²) in [6.45, 7) is 6.06. The zero-order chi connectivity index (χ0) is 16.9. The van der Waals surface area contributed by atoms with Crippen LogP contribution in [0.1, 0.15) is 35.6 Å². The predicted octanol–water partition coefficient (Wildman–Crippen LogP) is 3.28. The van der Waals surface area contributed by atoms with E-state index in [1.807, 2.05) is 32.3 Å². The zero-order valence-electron chi connectivity index (χ0n) is 14.5. The molecule has 2 heterocycles. The van der Waals surface area contributed by atoms with Gasteiger partial charge in [-0.05, 0) is 68.1 Å². The number of aryl methyl sites for hydroxylation is 2. The summed E-state index contributed by atoms with van der Waals surface area (Å²) in [6, 6.07) is 10.7. The molecule has 0 saturated carbocycles. The molecular weight excluding hydrogens is 300 g/mol. The van der Waals surface area contributed by atoms with Gasteiger partial charge in [-0.15, -0.1) is 0 Å². The summed E-state index contributed by atoms with van der Waals surface area (Å²) in [4.78, 5) is 6.45. The highest BCUT2D eigenvalue weighted by molar-refractivity contribution is 5.35. The van der Waals surface area contributed by atoms with E-state index in [0.29, 0.717) is 19.2 Å². The second-order valence-electron chi connectivity index (χ2n) is 6.67. The largest absolute Gasteiger partial charge is 0.491 e. The molecule has 2 aromatic rings. The number of rotatable bonds is 6. The van der Waals surface area contributed by atoms with Gasteiger partial charge in [0.05, 0.1) is 0 Å². The average molecular weight is 326 g/mol. The first kappa shape index (κ1) is 16.9. The number of benzene rings is 1. The summed E-state index contributed by atoms with van der Waals surface area (Å²) >= 11 is 0. The molecule has 24 heavy (non-hydrogen) atoms. The molecule has 1 aliphatic rings. The lowest BCUT2D eigenvalue weighted by molar-refractivity contribution is 0.0636. The topological polar surface area (TPSA) is 45.6 Å². The highest BCUT2D eigenvalue weighted by atomic mass is 16.5. The van der Waals surface area contributed by atoms with Crippen molar-refractivity contribution in [3.8, 4) is 5.75 Å². The first-order valence-corrected chi connectivity index (χ1v) is 8.65. The maximum Gasteiger partial charge on any atom is 0.122 e. The molecule has 128 valence electrons. The van der Waals surface area contributed by atoms with Crippen molar-refractivity contribution in [2.75, 3.05) is 19.7 Å². The smallest absolute Gasteiger partial charge is 0.122 e. The Balaban J connectivity index is 1.56. The zero-order valence-corrected chi connectivity index (χ0v) is 14.5. The van der Waals surface area contributed by atoms with Crippen LogP contribution in [0.4, 0.5) is 0 Å². The Morgan fingerprint density at radius 3 is 2.83 bits per heavy atom. The van der Waals surface area contributed by atoms with Crippen LogP contribution in [0, 0.1) is 13.8 Å². The number of hydrogen-bond acceptors (Lipinski definition) is 4. The molecular formula is C20H26N2O2. The number of likely N-dealkylation sites (tertiary alicyclic amines) is 1. The number of pyridine rings is 1. The molecule has 1 aromatic heterocycles. The third kappa shape index (κ3) is 4.13. The Morgan fingerprint density at radius 1 is 1.25 bits per heavy atom. The van der Waals surface area contributed by atoms with Crippen LogP contribution in [0.25, 0.3) is 0 Å². The molecule has 0 amide bonds. The summed E-state index contributed by atoms with van der Waals surface area (Å²) in [7, 11) is 0. The van der Waals surface area contributed by atoms with Gasteiger partial charge in [-0.3, -0.25) is 9.88 Å². The molecule has 1 saturated heterocycles. The van der Waals surface area contributed by atoms with Gasteiger partial charge in [0.15, 0.2) is 0 Å². The fourth-order valence-electron chi connectivity index (χ4n) is 3.38. The van der Waals surface area contributed by atoms with E-state index in [-0.39, 0.29) is 0 Å². The second kappa shape index (κ2) is 7.77. The molecule has 2 atom stereocenters. The lowest BCUT2D eigenvalue weighted by Gasteiger charge is -2.27. The van der Waals surface area contributed by atoms with Crippen molar-refractivity contribution in [2.45, 2.75) is 38.8 Å². The van der Waals surface area contributed by atoms with Gasteiger partial charge in [0.1, 0.15) is 18.5 Å². The van der Waals surface area contributed by atoms with Gasteiger partial charge in [0.2, 0.25) is 0 Å². The lowest BCUT2D eigenvalue weighted by Crippen LogP contribution is -2.35. The molecule has 0 spiro atoms. The first-order chi connectivity index (χ1) is 11.6. The van der Waals surface area contributed by atoms with E-state index < -0.39 is 6.10 Å². The van der Waals surface area contributed by atoms with Crippen molar-refractivity contribution in [3.63, 3.8) is 0 Å². The SMILES string of the molecule is Cc1ccc(C)c(OCC(O)CN2CCCC2c2ccncc2)c1. The first-order valence-electron chi connectivity index (χ1n) is 8.65. The van der Waals surface area contributed by atoms with Crippen LogP contribution in [-0.4, -0.2) is 40.8 Å². The van der Waals surface area contributed by atoms with Gasteiger partial charge in [-0.25, -0.2) is 0 Å². The molecule has 0 bridgehead atoms. The van der Waals surface area contributed by atoms with E-state index in [1.54, 1.807) is 0 Å². The van der Waals surface area contributed by atoms with Crippen molar-refractivity contribution in [1.29, 1.82) is 0 Å². The minimum atomic E-state index is -0.493. The summed E-state index contributed by atoms with van der Waals surface area (Å²) in [5.41, 5.74) is 3.55. The average Bonchev–Trinajstić information content (AvgIpc) is 3.04. The normalized spacial score (nSPS) is 19.4. The van der Waals surface area contributed by atoms with Crippen LogP contribution >= 0.6 is 0 Å². The third-order valence-electron chi connectivity index (χ3n) is 4.67. The fraction of sp³-hybridized carbons (Fsp3) is 0.450. The van der Waals surface area contributed by atoms with Crippen LogP contribution in [0.15, 0.2) is 42.7 Å². The molecule has 3 rings (SSSR count). The molecule has 1 N–H and O–H groups in total. The van der Waals surface area contributed by atoms with Gasteiger partial charge in [-0.2, -0.15) is 0 Å². The second-order valence-corrected chi connectivity index (χ2v) is 6.67. The summed E-state index contributed by atoms with van der Waals surface area (Å²) < 4.78 is 5.84. The number of aromatic nitrogens is 1. The molecule has 1 fully saturated rings. The number of ether oxygens (including phenoxy) is 1. The summed E-state index contributed by atoms with van der Waals surface area (Å²) in [5.74, 6) is 0.862. The van der Waals surface area contributed by atoms with Crippen molar-refractivity contribution in [1.82, 2.24) is 9.88 Å². The summed E-state index contributed by atoms with van der Waals surface area (Å²) in [6.07, 6.45) is 5.48. The minimum absolute atomic E-state index is 0.323. The number of aliphatic hydroxyl groups is 1. The monoisotopic (exact) mass is 326 g/mol. The molecule has 4 nitrogen and oxygen atoms in total. The molecule has 1 aliphatic heterocycles. The van der Waals surface area contributed by atoms with Crippen LogP contribution in [0.2, 0.25) is 0 Å². The lowest BCUT2D eigenvalue weighted by atomic mass is 10.1. The van der Waals surface area contributed by atoms with Gasteiger partial charge < -0.3 is 9.84 Å². The van der Waals surface area contributed by atoms with E-state index in [1.165, 1.54) is 11.1 Å². The van der Waals surface area contributed by atoms with E-state index in [9.17, 15) is 5.11 Å². The highest BCUT2D eigenvalue weighted by Gasteiger charge is 2.27. The molecule has 2 unspecified atom stereocenters. The van der Waals surface area contributed by atoms with E-state index in [0.717, 1.165) is 30.7 Å². The number of aliphatic hydroxyl groups excluding tert-OH is 1. The van der Waals surface area contributed by atoms with Crippen LogP contribution in [-0.2, 0) is 0 Å². The fourth-order valence-corrected chi connectivity index (χ4v) is 3.38. The van der Waals surface area contributed by atoms with Crippen molar-refractivity contribution >= 4 is 0 Å². The van der Waals surface area contributed by atoms with Crippen molar-refractivity contribution in [3.05, 3.63) is 59.4 Å². The Labute approximate surface area is 144 Å². The maximum atomic E-state index is 10.4. The Kier molecular flexibility index (Phi) is 5.48. The Morgan fingerprint density at radius 2 is 2.04 bits per heavy atom. The Bertz CT molecular complexity index is 660. The number of β-amino-alcohol motifs (C(OH)–C–C–N with tert-alkyl or cyclic N) is 1. The minimum Gasteiger partial charge on any atom is -0.491 e. The molecule has 0 radical (unpaired) electrons. The van der Waals surface area contributed by atoms with E-state index in [4.69, 9.17) is 4.74 Å². The van der Waals surface area contributed by atoms with Crippen LogP contribution < -0.4 is 4.74 Å². The van der Waals surface area contributed by atoms with Crippen LogP contribution in [0.3, 0.4) is 0 Å². The highest BCUT2D eigenvalue weighted by Crippen LogP contribution is 2.31. The van der Waals surface area contributed by atoms with Gasteiger partial charge in [-0.1, -0.05) is 12.1 Å². The van der Waals surface area contributed by atoms with Gasteiger partial charge in [0.25, 0.3) is 0 Å². The molecule has 4 heteroatoms. The van der Waals surface area contributed by atoms with Gasteiger partial charge >= 0.3 is 0 Å². The van der Waals surface area contributed by atoms with Gasteiger partial charge in [0, 0.05) is 25.0 Å². The maximum absolute atomic E-state index is 10.4. The van der Waals surface area contributed by atoms with Crippen molar-refractivity contribution < 1.29 is 9.84 Å². The van der Waals surface area contributed by atoms with E-state index in [2.05, 4.69) is 34.1 Å². The quantitative estimate of drug-likeness (QED) is 0.885. The Hall–Kier alpha value is -1.91. The predicted molar refractivity (Wildman–Crippen MR) is 95.2 cm³/mol.